The van der Waals surface area contributed by atoms with Crippen LogP contribution in [-0.4, -0.2) is 29.0 Å². The molecule has 1 atom stereocenters. The molecular weight excluding hydrogens is 436 g/mol. The molecule has 1 saturated heterocycles. The first kappa shape index (κ1) is 19.7. The molecule has 30 heavy (non-hydrogen) atoms. The summed E-state index contributed by atoms with van der Waals surface area (Å²) in [5.41, 5.74) is 3.70. The van der Waals surface area contributed by atoms with Gasteiger partial charge >= 0.3 is 0 Å². The number of aryl methyl sites for hydroxylation is 1. The van der Waals surface area contributed by atoms with Gasteiger partial charge in [-0.1, -0.05) is 53.6 Å². The van der Waals surface area contributed by atoms with Crippen LogP contribution in [-0.2, 0) is 16.2 Å². The standard InChI is InChI=1S/C23H19ClN2O2S2/c1-15-8-9-19-17(13-15)23(22(28)25(19)14-16-5-2-3-6-18(16)24)26(10-12-30-23)21(27)20-7-4-11-29-20/h2-9,11,13H,10,12,14H2,1H3. The van der Waals surface area contributed by atoms with Crippen molar-refractivity contribution in [1.29, 1.82) is 0 Å². The van der Waals surface area contributed by atoms with Crippen molar-refractivity contribution in [2.75, 3.05) is 17.2 Å². The lowest BCUT2D eigenvalue weighted by Gasteiger charge is -2.33. The predicted molar refractivity (Wildman–Crippen MR) is 123 cm³/mol. The van der Waals surface area contributed by atoms with Crippen molar-refractivity contribution in [2.24, 2.45) is 0 Å². The van der Waals surface area contributed by atoms with E-state index in [0.717, 1.165) is 28.1 Å². The Balaban J connectivity index is 1.62. The number of hydrogen-bond acceptors (Lipinski definition) is 4. The highest BCUT2D eigenvalue weighted by Gasteiger charge is 2.59. The van der Waals surface area contributed by atoms with E-state index in [-0.39, 0.29) is 11.8 Å². The molecule has 0 aliphatic carbocycles. The van der Waals surface area contributed by atoms with E-state index in [1.807, 2.05) is 66.9 Å². The van der Waals surface area contributed by atoms with Crippen LogP contribution in [0.5, 0.6) is 0 Å². The van der Waals surface area contributed by atoms with Crippen molar-refractivity contribution in [2.45, 2.75) is 18.3 Å². The van der Waals surface area contributed by atoms with Crippen LogP contribution < -0.4 is 4.90 Å². The van der Waals surface area contributed by atoms with Gasteiger partial charge in [-0.25, -0.2) is 0 Å². The van der Waals surface area contributed by atoms with E-state index in [1.165, 1.54) is 11.3 Å². The number of rotatable bonds is 3. The monoisotopic (exact) mass is 454 g/mol. The predicted octanol–water partition coefficient (Wildman–Crippen LogP) is 5.30. The lowest BCUT2D eigenvalue weighted by molar-refractivity contribution is -0.123. The fourth-order valence-electron chi connectivity index (χ4n) is 4.22. The minimum Gasteiger partial charge on any atom is -0.310 e. The molecule has 5 rings (SSSR count). The summed E-state index contributed by atoms with van der Waals surface area (Å²) in [5, 5.41) is 2.52. The molecule has 3 aromatic rings. The third-order valence-electron chi connectivity index (χ3n) is 5.61. The number of nitrogens with zero attached hydrogens (tertiary/aromatic N) is 2. The van der Waals surface area contributed by atoms with E-state index in [1.54, 1.807) is 21.6 Å². The maximum absolute atomic E-state index is 14.0. The first-order valence-corrected chi connectivity index (χ1v) is 11.9. The van der Waals surface area contributed by atoms with Gasteiger partial charge in [-0.05, 0) is 36.1 Å². The summed E-state index contributed by atoms with van der Waals surface area (Å²) in [6, 6.07) is 17.3. The normalized spacial score (nSPS) is 20.3. The minimum atomic E-state index is -1.02. The number of carbonyl (C=O) groups excluding carboxylic acids is 2. The zero-order valence-corrected chi connectivity index (χ0v) is 18.7. The summed E-state index contributed by atoms with van der Waals surface area (Å²) >= 11 is 9.35. The fraction of sp³-hybridized carbons (Fsp3) is 0.217. The fourth-order valence-corrected chi connectivity index (χ4v) is 6.54. The second kappa shape index (κ2) is 7.45. The van der Waals surface area contributed by atoms with Gasteiger partial charge in [0.05, 0.1) is 17.1 Å². The van der Waals surface area contributed by atoms with Crippen molar-refractivity contribution in [3.63, 3.8) is 0 Å². The maximum atomic E-state index is 14.0. The van der Waals surface area contributed by atoms with Crippen LogP contribution in [0.4, 0.5) is 5.69 Å². The summed E-state index contributed by atoms with van der Waals surface area (Å²) in [4.78, 5) is 30.5. The summed E-state index contributed by atoms with van der Waals surface area (Å²) in [5.74, 6) is 0.557. The number of anilines is 1. The van der Waals surface area contributed by atoms with Crippen LogP contribution in [0.2, 0.25) is 5.02 Å². The van der Waals surface area contributed by atoms with Gasteiger partial charge in [-0.2, -0.15) is 0 Å². The van der Waals surface area contributed by atoms with Gasteiger partial charge in [-0.15, -0.1) is 23.1 Å². The molecule has 152 valence electrons. The van der Waals surface area contributed by atoms with Crippen molar-refractivity contribution in [1.82, 2.24) is 4.90 Å². The first-order valence-electron chi connectivity index (χ1n) is 9.68. The molecule has 0 radical (unpaired) electrons. The molecule has 2 amide bonds. The number of carbonyl (C=O) groups is 2. The SMILES string of the molecule is Cc1ccc2c(c1)C1(SCCN1C(=O)c1cccs1)C(=O)N2Cc1ccccc1Cl. The number of amides is 2. The van der Waals surface area contributed by atoms with Gasteiger partial charge in [-0.3, -0.25) is 9.59 Å². The van der Waals surface area contributed by atoms with Crippen LogP contribution in [0, 0.1) is 6.92 Å². The number of thioether (sulfide) groups is 1. The highest BCUT2D eigenvalue weighted by Crippen LogP contribution is 2.55. The van der Waals surface area contributed by atoms with Crippen LogP contribution in [0.1, 0.15) is 26.4 Å². The van der Waals surface area contributed by atoms with E-state index in [4.69, 9.17) is 11.6 Å². The maximum Gasteiger partial charge on any atom is 0.268 e. The molecule has 4 nitrogen and oxygen atoms in total. The molecule has 1 unspecified atom stereocenters. The zero-order chi connectivity index (χ0) is 20.9. The molecule has 2 aliphatic heterocycles. The number of benzene rings is 2. The van der Waals surface area contributed by atoms with E-state index >= 15 is 0 Å². The average Bonchev–Trinajstić information content (AvgIpc) is 3.47. The molecule has 3 heterocycles. The van der Waals surface area contributed by atoms with Crippen LogP contribution in [0.25, 0.3) is 0 Å². The van der Waals surface area contributed by atoms with Crippen molar-refractivity contribution in [3.05, 3.63) is 86.6 Å². The van der Waals surface area contributed by atoms with Gasteiger partial charge < -0.3 is 9.80 Å². The van der Waals surface area contributed by atoms with Gasteiger partial charge in [0, 0.05) is 22.9 Å². The Morgan fingerprint density at radius 3 is 2.77 bits per heavy atom. The second-order valence-corrected chi connectivity index (χ2v) is 10.1. The number of thiophene rings is 1. The minimum absolute atomic E-state index is 0.0737. The zero-order valence-electron chi connectivity index (χ0n) is 16.3. The molecular formula is C23H19ClN2O2S2. The Morgan fingerprint density at radius 1 is 1.17 bits per heavy atom. The molecule has 2 aliphatic rings. The van der Waals surface area contributed by atoms with Gasteiger partial charge in [0.1, 0.15) is 0 Å². The van der Waals surface area contributed by atoms with Gasteiger partial charge in [0.15, 0.2) is 4.87 Å². The Morgan fingerprint density at radius 2 is 2.00 bits per heavy atom. The van der Waals surface area contributed by atoms with E-state index in [0.29, 0.717) is 23.0 Å². The molecule has 0 N–H and O–H groups in total. The molecule has 1 fully saturated rings. The molecule has 1 aromatic heterocycles. The molecule has 2 aromatic carbocycles. The summed E-state index contributed by atoms with van der Waals surface area (Å²) in [6.45, 7) is 2.93. The average molecular weight is 455 g/mol. The van der Waals surface area contributed by atoms with Gasteiger partial charge in [0.2, 0.25) is 0 Å². The van der Waals surface area contributed by atoms with E-state index in [2.05, 4.69) is 0 Å². The van der Waals surface area contributed by atoms with Crippen LogP contribution >= 0.6 is 34.7 Å². The molecule has 1 spiro atoms. The second-order valence-electron chi connectivity index (χ2n) is 7.43. The highest BCUT2D eigenvalue weighted by atomic mass is 35.5. The Kier molecular flexibility index (Phi) is 4.88. The van der Waals surface area contributed by atoms with Crippen LogP contribution in [0.15, 0.2) is 60.0 Å². The number of fused-ring (bicyclic) bond motifs is 2. The van der Waals surface area contributed by atoms with Crippen molar-refractivity contribution in [3.8, 4) is 0 Å². The smallest absolute Gasteiger partial charge is 0.268 e. The molecule has 7 heteroatoms. The molecule has 0 bridgehead atoms. The molecule has 0 saturated carbocycles. The summed E-state index contributed by atoms with van der Waals surface area (Å²) < 4.78 is 0. The summed E-state index contributed by atoms with van der Waals surface area (Å²) in [7, 11) is 0. The number of halogens is 1. The van der Waals surface area contributed by atoms with Crippen molar-refractivity contribution < 1.29 is 9.59 Å². The highest BCUT2D eigenvalue weighted by molar-refractivity contribution is 8.01. The Hall–Kier alpha value is -2.28. The Labute approximate surface area is 188 Å². The third kappa shape index (κ3) is 2.89. The van der Waals surface area contributed by atoms with Crippen molar-refractivity contribution >= 4 is 52.2 Å². The topological polar surface area (TPSA) is 40.6 Å². The van der Waals surface area contributed by atoms with E-state index in [9.17, 15) is 9.59 Å². The third-order valence-corrected chi connectivity index (χ3v) is 8.26. The van der Waals surface area contributed by atoms with Crippen LogP contribution in [0.3, 0.4) is 0 Å². The summed E-state index contributed by atoms with van der Waals surface area (Å²) in [6.07, 6.45) is 0. The van der Waals surface area contributed by atoms with Gasteiger partial charge in [0.25, 0.3) is 11.8 Å². The lowest BCUT2D eigenvalue weighted by Crippen LogP contribution is -2.50. The first-order chi connectivity index (χ1) is 14.5. The quantitative estimate of drug-likeness (QED) is 0.539. The van der Waals surface area contributed by atoms with E-state index < -0.39 is 4.87 Å². The Bertz CT molecular complexity index is 1150. The number of hydrogen-bond donors (Lipinski definition) is 0. The lowest BCUT2D eigenvalue weighted by atomic mass is 10.0. The largest absolute Gasteiger partial charge is 0.310 e.